The molecule has 18 heavy (non-hydrogen) atoms. The summed E-state index contributed by atoms with van der Waals surface area (Å²) in [6.45, 7) is 2.45. The number of aliphatic hydroxyl groups is 1. The van der Waals surface area contributed by atoms with Crippen LogP contribution in [0.25, 0.3) is 0 Å². The highest BCUT2D eigenvalue weighted by molar-refractivity contribution is 5.75. The SMILES string of the molecule is CCCCC(=O)NCc1cccc(C#CCO)c1. The minimum Gasteiger partial charge on any atom is -0.384 e. The lowest BCUT2D eigenvalue weighted by Gasteiger charge is -2.05. The molecule has 0 aliphatic rings. The average molecular weight is 245 g/mol. The van der Waals surface area contributed by atoms with Gasteiger partial charge < -0.3 is 10.4 Å². The van der Waals surface area contributed by atoms with E-state index < -0.39 is 0 Å². The Morgan fingerprint density at radius 3 is 3.00 bits per heavy atom. The first kappa shape index (κ1) is 14.3. The Bertz CT molecular complexity index is 443. The molecule has 0 saturated carbocycles. The molecule has 0 aliphatic carbocycles. The van der Waals surface area contributed by atoms with Gasteiger partial charge in [0.2, 0.25) is 5.91 Å². The molecule has 0 heterocycles. The van der Waals surface area contributed by atoms with E-state index in [1.54, 1.807) is 0 Å². The molecule has 1 rings (SSSR count). The van der Waals surface area contributed by atoms with Crippen LogP contribution >= 0.6 is 0 Å². The van der Waals surface area contributed by atoms with Gasteiger partial charge >= 0.3 is 0 Å². The molecule has 0 unspecified atom stereocenters. The fourth-order valence-corrected chi connectivity index (χ4v) is 1.53. The number of amides is 1. The van der Waals surface area contributed by atoms with E-state index in [1.807, 2.05) is 24.3 Å². The fraction of sp³-hybridized carbons (Fsp3) is 0.400. The van der Waals surface area contributed by atoms with Crippen molar-refractivity contribution < 1.29 is 9.90 Å². The summed E-state index contributed by atoms with van der Waals surface area (Å²) in [4.78, 5) is 11.5. The van der Waals surface area contributed by atoms with Crippen LogP contribution in [-0.2, 0) is 11.3 Å². The molecule has 0 fully saturated rings. The molecule has 3 nitrogen and oxygen atoms in total. The van der Waals surface area contributed by atoms with Gasteiger partial charge in [-0.1, -0.05) is 37.3 Å². The van der Waals surface area contributed by atoms with Crippen LogP contribution < -0.4 is 5.32 Å². The number of carbonyl (C=O) groups excluding carboxylic acids is 1. The van der Waals surface area contributed by atoms with Gasteiger partial charge in [0.1, 0.15) is 6.61 Å². The lowest BCUT2D eigenvalue weighted by Crippen LogP contribution is -2.22. The maximum absolute atomic E-state index is 11.5. The van der Waals surface area contributed by atoms with Crippen molar-refractivity contribution in [2.45, 2.75) is 32.7 Å². The van der Waals surface area contributed by atoms with Crippen LogP contribution in [-0.4, -0.2) is 17.6 Å². The summed E-state index contributed by atoms with van der Waals surface area (Å²) in [6.07, 6.45) is 2.54. The number of unbranched alkanes of at least 4 members (excludes halogenated alkanes) is 1. The minimum absolute atomic E-state index is 0.0868. The van der Waals surface area contributed by atoms with Crippen LogP contribution in [0.5, 0.6) is 0 Å². The van der Waals surface area contributed by atoms with E-state index >= 15 is 0 Å². The summed E-state index contributed by atoms with van der Waals surface area (Å²) >= 11 is 0. The monoisotopic (exact) mass is 245 g/mol. The number of nitrogens with one attached hydrogen (secondary N) is 1. The van der Waals surface area contributed by atoms with Gasteiger partial charge in [0.15, 0.2) is 0 Å². The lowest BCUT2D eigenvalue weighted by atomic mass is 10.1. The van der Waals surface area contributed by atoms with Gasteiger partial charge in [-0.05, 0) is 24.1 Å². The van der Waals surface area contributed by atoms with Crippen molar-refractivity contribution in [3.63, 3.8) is 0 Å². The zero-order valence-electron chi connectivity index (χ0n) is 10.7. The van der Waals surface area contributed by atoms with Gasteiger partial charge in [-0.3, -0.25) is 4.79 Å². The molecule has 3 heteroatoms. The number of hydrogen-bond donors (Lipinski definition) is 2. The standard InChI is InChI=1S/C15H19NO2/c1-2-3-9-15(18)16-12-14-7-4-6-13(11-14)8-5-10-17/h4,6-7,11,17H,2-3,9-10,12H2,1H3,(H,16,18). The van der Waals surface area contributed by atoms with Crippen LogP contribution in [0, 0.1) is 11.8 Å². The highest BCUT2D eigenvalue weighted by atomic mass is 16.2. The molecule has 0 aromatic heterocycles. The zero-order chi connectivity index (χ0) is 13.2. The van der Waals surface area contributed by atoms with Crippen LogP contribution in [0.2, 0.25) is 0 Å². The molecule has 1 aromatic carbocycles. The van der Waals surface area contributed by atoms with Crippen LogP contribution in [0.1, 0.15) is 37.3 Å². The van der Waals surface area contributed by atoms with Crippen molar-refractivity contribution in [1.29, 1.82) is 0 Å². The Balaban J connectivity index is 2.49. The molecular formula is C15H19NO2. The predicted molar refractivity (Wildman–Crippen MR) is 71.8 cm³/mol. The smallest absolute Gasteiger partial charge is 0.220 e. The first-order valence-corrected chi connectivity index (χ1v) is 6.21. The maximum atomic E-state index is 11.5. The third-order valence-corrected chi connectivity index (χ3v) is 2.49. The van der Waals surface area contributed by atoms with Crippen LogP contribution in [0.15, 0.2) is 24.3 Å². The summed E-state index contributed by atoms with van der Waals surface area (Å²) in [5, 5.41) is 11.5. The van der Waals surface area contributed by atoms with Crippen molar-refractivity contribution in [2.24, 2.45) is 0 Å². The van der Waals surface area contributed by atoms with E-state index in [-0.39, 0.29) is 12.5 Å². The summed E-state index contributed by atoms with van der Waals surface area (Å²) < 4.78 is 0. The quantitative estimate of drug-likeness (QED) is 0.778. The van der Waals surface area contributed by atoms with Gasteiger partial charge in [-0.2, -0.15) is 0 Å². The Kier molecular flexibility index (Phi) is 6.60. The van der Waals surface area contributed by atoms with E-state index in [9.17, 15) is 4.79 Å². The Hall–Kier alpha value is -1.79. The molecule has 0 aliphatic heterocycles. The second kappa shape index (κ2) is 8.32. The maximum Gasteiger partial charge on any atom is 0.220 e. The molecule has 0 spiro atoms. The third-order valence-electron chi connectivity index (χ3n) is 2.49. The minimum atomic E-state index is -0.141. The molecule has 1 amide bonds. The van der Waals surface area contributed by atoms with Crippen molar-refractivity contribution in [3.05, 3.63) is 35.4 Å². The van der Waals surface area contributed by atoms with Gasteiger partial charge in [0.05, 0.1) is 0 Å². The Labute approximate surface area is 108 Å². The molecule has 0 atom stereocenters. The second-order valence-corrected chi connectivity index (χ2v) is 4.04. The molecule has 0 saturated heterocycles. The van der Waals surface area contributed by atoms with Crippen LogP contribution in [0.3, 0.4) is 0 Å². The van der Waals surface area contributed by atoms with Gasteiger partial charge in [0.25, 0.3) is 0 Å². The number of carbonyl (C=O) groups is 1. The van der Waals surface area contributed by atoms with E-state index in [1.165, 1.54) is 0 Å². The first-order valence-electron chi connectivity index (χ1n) is 6.21. The van der Waals surface area contributed by atoms with Gasteiger partial charge in [0, 0.05) is 18.5 Å². The number of aliphatic hydroxyl groups excluding tert-OH is 1. The normalized spacial score (nSPS) is 9.44. The number of rotatable bonds is 5. The second-order valence-electron chi connectivity index (χ2n) is 4.04. The number of benzene rings is 1. The Morgan fingerprint density at radius 2 is 2.28 bits per heavy atom. The van der Waals surface area contributed by atoms with Crippen molar-refractivity contribution >= 4 is 5.91 Å². The topological polar surface area (TPSA) is 49.3 Å². The third kappa shape index (κ3) is 5.51. The van der Waals surface area contributed by atoms with Crippen molar-refractivity contribution in [2.75, 3.05) is 6.61 Å². The van der Waals surface area contributed by atoms with Gasteiger partial charge in [-0.25, -0.2) is 0 Å². The molecule has 1 aromatic rings. The van der Waals surface area contributed by atoms with Crippen molar-refractivity contribution in [3.8, 4) is 11.8 Å². The Morgan fingerprint density at radius 1 is 1.44 bits per heavy atom. The highest BCUT2D eigenvalue weighted by Crippen LogP contribution is 2.04. The lowest BCUT2D eigenvalue weighted by molar-refractivity contribution is -0.121. The largest absolute Gasteiger partial charge is 0.384 e. The summed E-state index contributed by atoms with van der Waals surface area (Å²) in [5.74, 6) is 5.53. The van der Waals surface area contributed by atoms with E-state index in [4.69, 9.17) is 5.11 Å². The highest BCUT2D eigenvalue weighted by Gasteiger charge is 2.00. The van der Waals surface area contributed by atoms with Crippen molar-refractivity contribution in [1.82, 2.24) is 5.32 Å². The predicted octanol–water partition coefficient (Wildman–Crippen LogP) is 1.84. The van der Waals surface area contributed by atoms with E-state index in [0.717, 1.165) is 24.0 Å². The molecular weight excluding hydrogens is 226 g/mol. The fourth-order valence-electron chi connectivity index (χ4n) is 1.53. The molecule has 0 bridgehead atoms. The first-order chi connectivity index (χ1) is 8.76. The zero-order valence-corrected chi connectivity index (χ0v) is 10.7. The average Bonchev–Trinajstić information content (AvgIpc) is 2.41. The summed E-state index contributed by atoms with van der Waals surface area (Å²) in [7, 11) is 0. The van der Waals surface area contributed by atoms with Gasteiger partial charge in [-0.15, -0.1) is 0 Å². The number of hydrogen-bond acceptors (Lipinski definition) is 2. The molecule has 2 N–H and O–H groups in total. The summed E-state index contributed by atoms with van der Waals surface area (Å²) in [6, 6.07) is 7.65. The van der Waals surface area contributed by atoms with E-state index in [0.29, 0.717) is 13.0 Å². The van der Waals surface area contributed by atoms with E-state index in [2.05, 4.69) is 24.1 Å². The molecule has 96 valence electrons. The summed E-state index contributed by atoms with van der Waals surface area (Å²) in [5.41, 5.74) is 1.87. The van der Waals surface area contributed by atoms with Crippen LogP contribution in [0.4, 0.5) is 0 Å². The molecule has 0 radical (unpaired) electrons.